The third-order valence-corrected chi connectivity index (χ3v) is 1.84. The summed E-state index contributed by atoms with van der Waals surface area (Å²) in [7, 11) is 0. The average Bonchev–Trinajstić information content (AvgIpc) is 2.56. The summed E-state index contributed by atoms with van der Waals surface area (Å²) in [6, 6.07) is 9.11. The van der Waals surface area contributed by atoms with Gasteiger partial charge in [-0.3, -0.25) is 0 Å². The molecule has 13 heavy (non-hydrogen) atoms. The number of hydrogen-bond donors (Lipinski definition) is 0. The van der Waals surface area contributed by atoms with Crippen molar-refractivity contribution in [3.8, 4) is 11.1 Å². The van der Waals surface area contributed by atoms with Crippen molar-refractivity contribution >= 4 is 6.21 Å². The van der Waals surface area contributed by atoms with Crippen molar-refractivity contribution in [3.05, 3.63) is 53.5 Å². The van der Waals surface area contributed by atoms with Gasteiger partial charge in [0.2, 0.25) is 0 Å². The molecule has 0 fully saturated rings. The Kier molecular flexibility index (Phi) is 1.40. The van der Waals surface area contributed by atoms with Crippen LogP contribution in [0.15, 0.2) is 42.4 Å². The Bertz CT molecular complexity index is 531. The zero-order chi connectivity index (χ0) is 10.8. The van der Waals surface area contributed by atoms with E-state index in [1.807, 2.05) is 0 Å². The minimum atomic E-state index is 0.323. The van der Waals surface area contributed by atoms with Crippen LogP contribution in [0, 0.1) is 0 Å². The van der Waals surface area contributed by atoms with Crippen LogP contribution in [0.3, 0.4) is 0 Å². The third kappa shape index (κ3) is 1.35. The highest BCUT2D eigenvalue weighted by atomic mass is 14.8. The predicted octanol–water partition coefficient (Wildman–Crippen LogP) is 2.44. The Labute approximate surface area is 79.2 Å². The minimum Gasteiger partial charge on any atom is -0.361 e. The van der Waals surface area contributed by atoms with Crippen molar-refractivity contribution in [3.63, 3.8) is 0 Å². The van der Waals surface area contributed by atoms with Crippen LogP contribution in [0.5, 0.6) is 0 Å². The van der Waals surface area contributed by atoms with Crippen molar-refractivity contribution in [1.29, 1.82) is 0 Å². The van der Waals surface area contributed by atoms with Gasteiger partial charge in [0.15, 0.2) is 0 Å². The molecule has 62 valence electrons. The van der Waals surface area contributed by atoms with E-state index in [1.54, 1.807) is 30.3 Å². The molecule has 0 bridgehead atoms. The Hall–Kier alpha value is -1.92. The van der Waals surface area contributed by atoms with Crippen LogP contribution in [0.1, 0.15) is 8.30 Å². The van der Waals surface area contributed by atoms with Gasteiger partial charge in [0, 0.05) is 0 Å². The van der Waals surface area contributed by atoms with E-state index in [9.17, 15) is 0 Å². The van der Waals surface area contributed by atoms with Crippen LogP contribution < -0.4 is 0 Å². The summed E-state index contributed by atoms with van der Waals surface area (Å²) >= 11 is 0. The van der Waals surface area contributed by atoms with Crippen molar-refractivity contribution in [2.24, 2.45) is 0 Å². The molecule has 0 aromatic rings. The predicted molar refractivity (Wildman–Crippen MR) is 51.8 cm³/mol. The second-order valence-corrected chi connectivity index (χ2v) is 2.64. The zero-order valence-corrected chi connectivity index (χ0v) is 6.86. The van der Waals surface area contributed by atoms with E-state index in [-0.39, 0.29) is 0 Å². The fraction of sp³-hybridized carbons (Fsp3) is 0. The maximum Gasteiger partial charge on any atom is 0.288 e. The first-order valence-corrected chi connectivity index (χ1v) is 3.90. The van der Waals surface area contributed by atoms with E-state index in [0.717, 1.165) is 0 Å². The van der Waals surface area contributed by atoms with Gasteiger partial charge in [-0.15, -0.1) is 0 Å². The molecule has 0 radical (unpaired) electrons. The quantitative estimate of drug-likeness (QED) is 0.358. The normalized spacial score (nSPS) is 11.7. The summed E-state index contributed by atoms with van der Waals surface area (Å²) in [5, 5.41) is 0. The van der Waals surface area contributed by atoms with Crippen molar-refractivity contribution < 1.29 is 7.53 Å². The molecule has 0 aliphatic heterocycles. The monoisotopic (exact) mass is 170 g/mol. The maximum absolute atomic E-state index is 8.48. The Balaban J connectivity index is 2.82. The van der Waals surface area contributed by atoms with Gasteiger partial charge in [-0.05, 0) is 17.2 Å². The van der Waals surface area contributed by atoms with Crippen LogP contribution in [-0.4, -0.2) is 11.0 Å². The van der Waals surface area contributed by atoms with Gasteiger partial charge in [0.05, 0.1) is 8.30 Å². The van der Waals surface area contributed by atoms with Gasteiger partial charge in [-0.1, -0.05) is 36.4 Å². The summed E-state index contributed by atoms with van der Waals surface area (Å²) in [5.41, 5.74) is 10.5. The standard InChI is InChI=1S/C11H8N2/c12-13-8-10-7-6-9-4-2-1-3-5-11(9)10/h1-8H/i4D,5D. The van der Waals surface area contributed by atoms with Crippen LogP contribution in [0.2, 0.25) is 0 Å². The van der Waals surface area contributed by atoms with E-state index in [2.05, 4.69) is 4.79 Å². The van der Waals surface area contributed by atoms with Gasteiger partial charge in [0.1, 0.15) is 0 Å². The fourth-order valence-electron chi connectivity index (χ4n) is 1.26. The molecule has 0 heterocycles. The molecule has 0 atom stereocenters. The van der Waals surface area contributed by atoms with E-state index >= 15 is 0 Å². The summed E-state index contributed by atoms with van der Waals surface area (Å²) in [6.07, 6.45) is 1.28. The zero-order valence-electron chi connectivity index (χ0n) is 8.86. The first-order valence-electron chi connectivity index (χ1n) is 4.90. The summed E-state index contributed by atoms with van der Waals surface area (Å²) in [5.74, 6) is 0. The molecule has 0 aromatic heterocycles. The average molecular weight is 170 g/mol. The van der Waals surface area contributed by atoms with Gasteiger partial charge in [0.25, 0.3) is 6.21 Å². The lowest BCUT2D eigenvalue weighted by molar-refractivity contribution is 0.00462. The molecule has 2 heteroatoms. The fourth-order valence-corrected chi connectivity index (χ4v) is 1.26. The first-order chi connectivity index (χ1) is 7.24. The highest BCUT2D eigenvalue weighted by Crippen LogP contribution is 2.24. The van der Waals surface area contributed by atoms with Crippen LogP contribution >= 0.6 is 0 Å². The van der Waals surface area contributed by atoms with Gasteiger partial charge >= 0.3 is 0 Å². The molecule has 0 amide bonds. The second kappa shape index (κ2) is 3.21. The Morgan fingerprint density at radius 3 is 2.92 bits per heavy atom. The summed E-state index contributed by atoms with van der Waals surface area (Å²) in [4.78, 5) is 2.95. The molecule has 0 spiro atoms. The number of nitrogens with zero attached hydrogens (tertiary/aromatic N) is 2. The molecular formula is C11H8N2. The molecule has 2 nitrogen and oxygen atoms in total. The van der Waals surface area contributed by atoms with Crippen LogP contribution in [0.25, 0.3) is 16.7 Å². The molecular weight excluding hydrogens is 160 g/mol. The van der Waals surface area contributed by atoms with Crippen LogP contribution in [0.4, 0.5) is 0 Å². The Morgan fingerprint density at radius 1 is 1.23 bits per heavy atom. The van der Waals surface area contributed by atoms with Crippen molar-refractivity contribution in [2.75, 3.05) is 0 Å². The van der Waals surface area contributed by atoms with E-state index in [0.29, 0.717) is 28.8 Å². The SMILES string of the molecule is [2H]c1cccc([2H])c2c(C=[N+]=[N-])ccc1-2. The van der Waals surface area contributed by atoms with Gasteiger partial charge in [-0.2, -0.15) is 4.79 Å². The third-order valence-electron chi connectivity index (χ3n) is 1.84. The first kappa shape index (κ1) is 5.68. The molecule has 0 unspecified atom stereocenters. The van der Waals surface area contributed by atoms with Gasteiger partial charge < -0.3 is 5.53 Å². The van der Waals surface area contributed by atoms with Gasteiger partial charge in [-0.25, -0.2) is 0 Å². The highest BCUT2D eigenvalue weighted by molar-refractivity contribution is 5.89. The van der Waals surface area contributed by atoms with Crippen molar-refractivity contribution in [2.45, 2.75) is 0 Å². The molecule has 2 aliphatic carbocycles. The number of rotatable bonds is 1. The second-order valence-electron chi connectivity index (χ2n) is 2.64. The molecule has 2 rings (SSSR count). The lowest BCUT2D eigenvalue weighted by Crippen LogP contribution is -1.78. The molecule has 0 aromatic carbocycles. The maximum atomic E-state index is 8.48. The summed E-state index contributed by atoms with van der Waals surface area (Å²) < 4.78 is 15.5. The number of fused-ring (bicyclic) bond motifs is 1. The number of hydrogen-bond acceptors (Lipinski definition) is 0. The van der Waals surface area contributed by atoms with E-state index in [4.69, 9.17) is 8.27 Å². The summed E-state index contributed by atoms with van der Waals surface area (Å²) in [6.45, 7) is 0. The molecule has 0 saturated carbocycles. The molecule has 0 N–H and O–H groups in total. The molecule has 0 saturated heterocycles. The van der Waals surface area contributed by atoms with E-state index in [1.165, 1.54) is 6.21 Å². The Morgan fingerprint density at radius 2 is 2.08 bits per heavy atom. The minimum absolute atomic E-state index is 0.323. The smallest absolute Gasteiger partial charge is 0.288 e. The molecule has 2 aliphatic rings. The lowest BCUT2D eigenvalue weighted by Gasteiger charge is -1.89. The van der Waals surface area contributed by atoms with Crippen molar-refractivity contribution in [1.82, 2.24) is 0 Å². The highest BCUT2D eigenvalue weighted by Gasteiger charge is 2.07. The topological polar surface area (TPSA) is 36.4 Å². The van der Waals surface area contributed by atoms with Crippen LogP contribution in [-0.2, 0) is 0 Å². The van der Waals surface area contributed by atoms with E-state index < -0.39 is 0 Å². The largest absolute Gasteiger partial charge is 0.361 e. The lowest BCUT2D eigenvalue weighted by atomic mass is 10.1.